The van der Waals surface area contributed by atoms with Gasteiger partial charge in [0.25, 0.3) is 0 Å². The van der Waals surface area contributed by atoms with E-state index in [-0.39, 0.29) is 18.6 Å². The molecule has 1 rings (SSSR count). The number of nitrogens with one attached hydrogen (secondary N) is 2. The number of amides is 2. The van der Waals surface area contributed by atoms with Gasteiger partial charge >= 0.3 is 5.97 Å². The van der Waals surface area contributed by atoms with Crippen LogP contribution < -0.4 is 11.1 Å². The predicted octanol–water partition coefficient (Wildman–Crippen LogP) is -1.06. The molecule has 0 saturated carbocycles. The first-order valence-electron chi connectivity index (χ1n) is 5.83. The lowest BCUT2D eigenvalue weighted by atomic mass is 10.0. The van der Waals surface area contributed by atoms with E-state index in [1.807, 2.05) is 0 Å². The van der Waals surface area contributed by atoms with Crippen LogP contribution in [0.15, 0.2) is 12.5 Å². The number of carbonyl (C=O) groups is 3. The molecule has 0 aromatic carbocycles. The van der Waals surface area contributed by atoms with Crippen molar-refractivity contribution >= 4 is 30.4 Å². The van der Waals surface area contributed by atoms with E-state index < -0.39 is 29.7 Å². The molecule has 1 aromatic rings. The van der Waals surface area contributed by atoms with Crippen molar-refractivity contribution in [1.29, 1.82) is 0 Å². The van der Waals surface area contributed by atoms with Gasteiger partial charge in [-0.2, -0.15) is 12.6 Å². The van der Waals surface area contributed by atoms with Gasteiger partial charge in [-0.15, -0.1) is 0 Å². The average Bonchev–Trinajstić information content (AvgIpc) is 2.87. The maximum atomic E-state index is 11.9. The zero-order chi connectivity index (χ0) is 15.1. The van der Waals surface area contributed by atoms with Gasteiger partial charge in [-0.3, -0.25) is 9.59 Å². The number of imidazole rings is 1. The van der Waals surface area contributed by atoms with E-state index in [2.05, 4.69) is 27.9 Å². The van der Waals surface area contributed by atoms with Crippen LogP contribution in [0.4, 0.5) is 0 Å². The maximum Gasteiger partial charge on any atom is 0.326 e. The molecule has 9 heteroatoms. The van der Waals surface area contributed by atoms with Crippen molar-refractivity contribution in [2.45, 2.75) is 18.9 Å². The van der Waals surface area contributed by atoms with Crippen LogP contribution in [0.1, 0.15) is 12.1 Å². The number of aromatic nitrogens is 2. The summed E-state index contributed by atoms with van der Waals surface area (Å²) in [5.41, 5.74) is 5.60. The van der Waals surface area contributed by atoms with Crippen LogP contribution in [0.3, 0.4) is 0 Å². The molecule has 0 radical (unpaired) electrons. The molecular formula is C11H16N4O4S. The van der Waals surface area contributed by atoms with Crippen LogP contribution >= 0.6 is 12.6 Å². The fraction of sp³-hybridized carbons (Fsp3) is 0.455. The first-order valence-corrected chi connectivity index (χ1v) is 6.46. The Hall–Kier alpha value is -2.03. The number of carbonyl (C=O) groups excluding carboxylic acids is 2. The molecule has 0 spiro atoms. The van der Waals surface area contributed by atoms with Gasteiger partial charge in [0.2, 0.25) is 11.8 Å². The summed E-state index contributed by atoms with van der Waals surface area (Å²) < 4.78 is 0. The minimum atomic E-state index is -1.18. The van der Waals surface area contributed by atoms with Crippen molar-refractivity contribution in [3.63, 3.8) is 0 Å². The summed E-state index contributed by atoms with van der Waals surface area (Å²) in [4.78, 5) is 40.4. The van der Waals surface area contributed by atoms with E-state index in [9.17, 15) is 14.4 Å². The highest BCUT2D eigenvalue weighted by atomic mass is 32.1. The highest BCUT2D eigenvalue weighted by Gasteiger charge is 2.26. The van der Waals surface area contributed by atoms with Crippen LogP contribution in [0.25, 0.3) is 0 Å². The van der Waals surface area contributed by atoms with Crippen molar-refractivity contribution in [1.82, 2.24) is 15.3 Å². The molecule has 20 heavy (non-hydrogen) atoms. The fourth-order valence-electron chi connectivity index (χ4n) is 1.59. The number of nitrogens with two attached hydrogens (primary N) is 1. The first kappa shape index (κ1) is 16.0. The number of thiol groups is 1. The number of nitrogens with zero attached hydrogens (tertiary/aromatic N) is 1. The Kier molecular flexibility index (Phi) is 6.04. The van der Waals surface area contributed by atoms with Crippen molar-refractivity contribution in [2.24, 2.45) is 11.7 Å². The molecule has 2 atom stereocenters. The van der Waals surface area contributed by atoms with Crippen molar-refractivity contribution in [3.8, 4) is 0 Å². The van der Waals surface area contributed by atoms with Crippen LogP contribution in [0.5, 0.6) is 0 Å². The number of hydrogen-bond acceptors (Lipinski definition) is 5. The number of carboxylic acids is 1. The summed E-state index contributed by atoms with van der Waals surface area (Å²) in [6.07, 6.45) is 2.78. The lowest BCUT2D eigenvalue weighted by Crippen LogP contribution is -2.46. The van der Waals surface area contributed by atoms with Gasteiger partial charge in [-0.25, -0.2) is 9.78 Å². The smallest absolute Gasteiger partial charge is 0.326 e. The van der Waals surface area contributed by atoms with Gasteiger partial charge in [0.1, 0.15) is 6.04 Å². The van der Waals surface area contributed by atoms with Gasteiger partial charge in [-0.1, -0.05) is 0 Å². The summed E-state index contributed by atoms with van der Waals surface area (Å²) >= 11 is 3.96. The quantitative estimate of drug-likeness (QED) is 0.390. The number of hydrogen-bond donors (Lipinski definition) is 5. The highest BCUT2D eigenvalue weighted by Crippen LogP contribution is 2.07. The normalized spacial score (nSPS) is 13.4. The van der Waals surface area contributed by atoms with Crippen molar-refractivity contribution < 1.29 is 19.5 Å². The van der Waals surface area contributed by atoms with E-state index in [0.29, 0.717) is 5.69 Å². The SMILES string of the molecule is NC(=O)CC(CS)C(=O)N[C@@H](Cc1cnc[nH]1)C(=O)O. The lowest BCUT2D eigenvalue weighted by Gasteiger charge is -2.18. The summed E-state index contributed by atoms with van der Waals surface area (Å²) in [5.74, 6) is -3.03. The monoisotopic (exact) mass is 300 g/mol. The van der Waals surface area contributed by atoms with Crippen LogP contribution in [0.2, 0.25) is 0 Å². The molecule has 5 N–H and O–H groups in total. The molecule has 1 unspecified atom stereocenters. The largest absolute Gasteiger partial charge is 0.480 e. The molecule has 0 saturated heterocycles. The van der Waals surface area contributed by atoms with E-state index in [0.717, 1.165) is 0 Å². The molecule has 110 valence electrons. The summed E-state index contributed by atoms with van der Waals surface area (Å²) in [5, 5.41) is 11.5. The third-order valence-corrected chi connectivity index (χ3v) is 3.07. The lowest BCUT2D eigenvalue weighted by molar-refractivity contribution is -0.142. The number of aromatic amines is 1. The second kappa shape index (κ2) is 7.53. The molecule has 0 aliphatic rings. The van der Waals surface area contributed by atoms with Gasteiger partial charge in [-0.05, 0) is 0 Å². The van der Waals surface area contributed by atoms with Crippen LogP contribution in [0, 0.1) is 5.92 Å². The Labute approximate surface area is 120 Å². The Bertz CT molecular complexity index is 477. The number of primary amides is 1. The van der Waals surface area contributed by atoms with Gasteiger partial charge in [0.15, 0.2) is 0 Å². The predicted molar refractivity (Wildman–Crippen MR) is 73.0 cm³/mol. The molecule has 0 fully saturated rings. The van der Waals surface area contributed by atoms with E-state index in [1.165, 1.54) is 12.5 Å². The summed E-state index contributed by atoms with van der Waals surface area (Å²) in [6.45, 7) is 0. The Morgan fingerprint density at radius 2 is 2.20 bits per heavy atom. The van der Waals surface area contributed by atoms with Crippen molar-refractivity contribution in [2.75, 3.05) is 5.75 Å². The Morgan fingerprint density at radius 3 is 2.65 bits per heavy atom. The van der Waals surface area contributed by atoms with E-state index >= 15 is 0 Å². The van der Waals surface area contributed by atoms with Crippen molar-refractivity contribution in [3.05, 3.63) is 18.2 Å². The second-order valence-corrected chi connectivity index (χ2v) is 4.60. The molecule has 0 aliphatic heterocycles. The summed E-state index contributed by atoms with van der Waals surface area (Å²) in [6, 6.07) is -1.11. The second-order valence-electron chi connectivity index (χ2n) is 4.23. The molecule has 2 amide bonds. The number of H-pyrrole nitrogens is 1. The zero-order valence-corrected chi connectivity index (χ0v) is 11.5. The number of aliphatic carboxylic acids is 1. The maximum absolute atomic E-state index is 11.9. The van der Waals surface area contributed by atoms with Gasteiger partial charge in [0, 0.05) is 30.5 Å². The third-order valence-electron chi connectivity index (χ3n) is 2.63. The Balaban J connectivity index is 2.67. The standard InChI is InChI=1S/C11H16N4O4S/c12-9(16)1-6(4-20)10(17)15-8(11(18)19)2-7-3-13-5-14-7/h3,5-6,8,20H,1-2,4H2,(H2,12,16)(H,13,14)(H,15,17)(H,18,19)/t6?,8-/m0/s1. The van der Waals surface area contributed by atoms with Crippen LogP contribution in [-0.2, 0) is 20.8 Å². The minimum Gasteiger partial charge on any atom is -0.480 e. The highest BCUT2D eigenvalue weighted by molar-refractivity contribution is 7.80. The topological polar surface area (TPSA) is 138 Å². The molecule has 0 aliphatic carbocycles. The molecule has 1 aromatic heterocycles. The van der Waals surface area contributed by atoms with E-state index in [4.69, 9.17) is 10.8 Å². The summed E-state index contributed by atoms with van der Waals surface area (Å²) in [7, 11) is 0. The number of rotatable bonds is 8. The molecular weight excluding hydrogens is 284 g/mol. The molecule has 8 nitrogen and oxygen atoms in total. The van der Waals surface area contributed by atoms with Gasteiger partial charge in [0.05, 0.1) is 12.2 Å². The average molecular weight is 300 g/mol. The molecule has 0 bridgehead atoms. The minimum absolute atomic E-state index is 0.0664. The first-order chi connectivity index (χ1) is 9.43. The van der Waals surface area contributed by atoms with Gasteiger partial charge < -0.3 is 21.1 Å². The van der Waals surface area contributed by atoms with Crippen LogP contribution in [-0.4, -0.2) is 44.7 Å². The number of carboxylic acid groups (broad SMARTS) is 1. The van der Waals surface area contributed by atoms with E-state index in [1.54, 1.807) is 0 Å². The molecule has 1 heterocycles. The fourth-order valence-corrected chi connectivity index (χ4v) is 1.88. The zero-order valence-electron chi connectivity index (χ0n) is 10.6. The third kappa shape index (κ3) is 4.92. The Morgan fingerprint density at radius 1 is 1.50 bits per heavy atom.